The summed E-state index contributed by atoms with van der Waals surface area (Å²) in [5.74, 6) is 0.979. The highest BCUT2D eigenvalue weighted by Crippen LogP contribution is 2.17. The number of likely N-dealkylation sites (N-methyl/N-ethyl adjacent to an activating group) is 1. The van der Waals surface area contributed by atoms with Crippen molar-refractivity contribution in [3.05, 3.63) is 42.4 Å². The number of imidazole rings is 1. The van der Waals surface area contributed by atoms with E-state index in [1.165, 1.54) is 0 Å². The fourth-order valence-electron chi connectivity index (χ4n) is 1.74. The van der Waals surface area contributed by atoms with E-state index in [4.69, 9.17) is 4.42 Å². The van der Waals surface area contributed by atoms with Crippen LogP contribution in [0.3, 0.4) is 0 Å². The predicted octanol–water partition coefficient (Wildman–Crippen LogP) is 1.40. The number of hydrogen-bond acceptors (Lipinski definition) is 4. The Morgan fingerprint density at radius 3 is 3.00 bits per heavy atom. The molecule has 0 aliphatic heterocycles. The number of rotatable bonds is 6. The molecule has 0 aliphatic rings. The molecule has 0 aliphatic carbocycles. The lowest BCUT2D eigenvalue weighted by atomic mass is 10.2. The lowest BCUT2D eigenvalue weighted by Gasteiger charge is -2.22. The Labute approximate surface area is 101 Å². The van der Waals surface area contributed by atoms with Crippen LogP contribution in [0.15, 0.2) is 35.3 Å². The van der Waals surface area contributed by atoms with Gasteiger partial charge in [-0.25, -0.2) is 4.98 Å². The maximum absolute atomic E-state index is 5.44. The molecule has 0 amide bonds. The second-order valence-electron chi connectivity index (χ2n) is 4.20. The largest absolute Gasteiger partial charge is 0.468 e. The molecule has 2 aromatic heterocycles. The van der Waals surface area contributed by atoms with Gasteiger partial charge in [-0.15, -0.1) is 0 Å². The summed E-state index contributed by atoms with van der Waals surface area (Å²) >= 11 is 0. The fourth-order valence-corrected chi connectivity index (χ4v) is 1.74. The Morgan fingerprint density at radius 2 is 2.41 bits per heavy atom. The van der Waals surface area contributed by atoms with Gasteiger partial charge in [-0.05, 0) is 26.2 Å². The van der Waals surface area contributed by atoms with Crippen molar-refractivity contribution in [3.8, 4) is 0 Å². The molecule has 0 fully saturated rings. The first kappa shape index (κ1) is 11.9. The van der Waals surface area contributed by atoms with E-state index in [0.717, 1.165) is 24.5 Å². The number of aromatic amines is 1. The van der Waals surface area contributed by atoms with E-state index in [-0.39, 0.29) is 6.04 Å². The van der Waals surface area contributed by atoms with E-state index >= 15 is 0 Å². The van der Waals surface area contributed by atoms with Crippen molar-refractivity contribution in [2.45, 2.75) is 12.6 Å². The molecule has 17 heavy (non-hydrogen) atoms. The van der Waals surface area contributed by atoms with Gasteiger partial charge >= 0.3 is 0 Å². The van der Waals surface area contributed by atoms with Crippen LogP contribution >= 0.6 is 0 Å². The van der Waals surface area contributed by atoms with Gasteiger partial charge < -0.3 is 14.7 Å². The minimum Gasteiger partial charge on any atom is -0.468 e. The molecule has 0 saturated carbocycles. The highest BCUT2D eigenvalue weighted by molar-refractivity contribution is 5.05. The van der Waals surface area contributed by atoms with Crippen molar-refractivity contribution < 1.29 is 4.42 Å². The first-order valence-electron chi connectivity index (χ1n) is 5.65. The third-order valence-electron chi connectivity index (χ3n) is 2.70. The van der Waals surface area contributed by atoms with Gasteiger partial charge in [0.1, 0.15) is 5.76 Å². The van der Waals surface area contributed by atoms with Crippen molar-refractivity contribution in [3.63, 3.8) is 0 Å². The second kappa shape index (κ2) is 5.65. The Bertz CT molecular complexity index is 408. The third kappa shape index (κ3) is 3.18. The quantitative estimate of drug-likeness (QED) is 0.793. The standard InChI is InChI=1S/C12H18N4O/c1-16(2)11(12-4-3-5-17-12)8-13-6-10-7-14-9-15-10/h3-5,7,9,11,13H,6,8H2,1-2H3,(H,14,15). The highest BCUT2D eigenvalue weighted by atomic mass is 16.3. The Kier molecular flexibility index (Phi) is 3.95. The van der Waals surface area contributed by atoms with Crippen LogP contribution in [0.25, 0.3) is 0 Å². The molecule has 2 N–H and O–H groups in total. The van der Waals surface area contributed by atoms with Crippen molar-refractivity contribution in [2.75, 3.05) is 20.6 Å². The van der Waals surface area contributed by atoms with E-state index in [2.05, 4.69) is 20.2 Å². The van der Waals surface area contributed by atoms with E-state index < -0.39 is 0 Å². The van der Waals surface area contributed by atoms with Gasteiger partial charge in [-0.3, -0.25) is 4.90 Å². The summed E-state index contributed by atoms with van der Waals surface area (Å²) in [5, 5.41) is 3.38. The van der Waals surface area contributed by atoms with E-state index in [1.54, 1.807) is 12.6 Å². The van der Waals surface area contributed by atoms with Gasteiger partial charge in [-0.1, -0.05) is 0 Å². The van der Waals surface area contributed by atoms with Gasteiger partial charge in [0.15, 0.2) is 0 Å². The zero-order chi connectivity index (χ0) is 12.1. The van der Waals surface area contributed by atoms with E-state index in [9.17, 15) is 0 Å². The average molecular weight is 234 g/mol. The number of hydrogen-bond donors (Lipinski definition) is 2. The number of H-pyrrole nitrogens is 1. The van der Waals surface area contributed by atoms with Crippen molar-refractivity contribution >= 4 is 0 Å². The van der Waals surface area contributed by atoms with Crippen LogP contribution in [-0.4, -0.2) is 35.5 Å². The van der Waals surface area contributed by atoms with Gasteiger partial charge in [0.25, 0.3) is 0 Å². The van der Waals surface area contributed by atoms with Crippen LogP contribution in [-0.2, 0) is 6.54 Å². The molecule has 5 heteroatoms. The fraction of sp³-hybridized carbons (Fsp3) is 0.417. The molecule has 2 rings (SSSR count). The van der Waals surface area contributed by atoms with Crippen LogP contribution in [0.1, 0.15) is 17.5 Å². The molecule has 1 unspecified atom stereocenters. The zero-order valence-electron chi connectivity index (χ0n) is 10.2. The summed E-state index contributed by atoms with van der Waals surface area (Å²) in [5.41, 5.74) is 1.09. The Balaban J connectivity index is 1.86. The number of nitrogens with zero attached hydrogens (tertiary/aromatic N) is 2. The lowest BCUT2D eigenvalue weighted by molar-refractivity contribution is 0.250. The summed E-state index contributed by atoms with van der Waals surface area (Å²) in [6, 6.07) is 4.16. The van der Waals surface area contributed by atoms with Gasteiger partial charge in [-0.2, -0.15) is 0 Å². The van der Waals surface area contributed by atoms with Crippen LogP contribution in [0, 0.1) is 0 Å². The van der Waals surface area contributed by atoms with Gasteiger partial charge in [0.05, 0.1) is 18.6 Å². The minimum atomic E-state index is 0.243. The SMILES string of the molecule is CN(C)C(CNCc1cnc[nH]1)c1ccco1. The zero-order valence-corrected chi connectivity index (χ0v) is 10.2. The Morgan fingerprint density at radius 1 is 1.53 bits per heavy atom. The molecule has 92 valence electrons. The van der Waals surface area contributed by atoms with Gasteiger partial charge in [0, 0.05) is 25.0 Å². The topological polar surface area (TPSA) is 57.1 Å². The maximum Gasteiger partial charge on any atom is 0.122 e. The van der Waals surface area contributed by atoms with Crippen LogP contribution in [0.2, 0.25) is 0 Å². The molecular formula is C12H18N4O. The first-order valence-corrected chi connectivity index (χ1v) is 5.65. The summed E-state index contributed by atoms with van der Waals surface area (Å²) in [7, 11) is 4.09. The van der Waals surface area contributed by atoms with Crippen LogP contribution in [0.5, 0.6) is 0 Å². The molecule has 2 heterocycles. The summed E-state index contributed by atoms with van der Waals surface area (Å²) in [6.07, 6.45) is 5.22. The van der Waals surface area contributed by atoms with E-state index in [1.807, 2.05) is 32.4 Å². The minimum absolute atomic E-state index is 0.243. The van der Waals surface area contributed by atoms with Gasteiger partial charge in [0.2, 0.25) is 0 Å². The molecule has 2 aromatic rings. The summed E-state index contributed by atoms with van der Waals surface area (Å²) in [6.45, 7) is 1.62. The van der Waals surface area contributed by atoms with E-state index in [0.29, 0.717) is 0 Å². The number of aromatic nitrogens is 2. The smallest absolute Gasteiger partial charge is 0.122 e. The van der Waals surface area contributed by atoms with Crippen LogP contribution in [0.4, 0.5) is 0 Å². The number of nitrogens with one attached hydrogen (secondary N) is 2. The lowest BCUT2D eigenvalue weighted by Crippen LogP contribution is -2.30. The molecule has 0 radical (unpaired) electrons. The monoisotopic (exact) mass is 234 g/mol. The maximum atomic E-state index is 5.44. The molecule has 0 saturated heterocycles. The molecular weight excluding hydrogens is 216 g/mol. The van der Waals surface area contributed by atoms with Crippen molar-refractivity contribution in [2.24, 2.45) is 0 Å². The molecule has 0 aromatic carbocycles. The van der Waals surface area contributed by atoms with Crippen molar-refractivity contribution in [1.82, 2.24) is 20.2 Å². The molecule has 5 nitrogen and oxygen atoms in total. The summed E-state index contributed by atoms with van der Waals surface area (Å²) in [4.78, 5) is 9.18. The average Bonchev–Trinajstić information content (AvgIpc) is 2.96. The molecule has 1 atom stereocenters. The number of furan rings is 1. The first-order chi connectivity index (χ1) is 8.27. The summed E-state index contributed by atoms with van der Waals surface area (Å²) < 4.78 is 5.44. The normalized spacial score (nSPS) is 13.1. The van der Waals surface area contributed by atoms with Crippen molar-refractivity contribution in [1.29, 1.82) is 0 Å². The molecule has 0 spiro atoms. The highest BCUT2D eigenvalue weighted by Gasteiger charge is 2.16. The second-order valence-corrected chi connectivity index (χ2v) is 4.20. The third-order valence-corrected chi connectivity index (χ3v) is 2.70. The Hall–Kier alpha value is -1.59. The predicted molar refractivity (Wildman–Crippen MR) is 65.4 cm³/mol. The molecule has 0 bridgehead atoms. The van der Waals surface area contributed by atoms with Crippen LogP contribution < -0.4 is 5.32 Å².